The van der Waals surface area contributed by atoms with Gasteiger partial charge >= 0.3 is 0 Å². The Morgan fingerprint density at radius 2 is 0.815 bits per heavy atom. The molecule has 0 aliphatic carbocycles. The maximum atomic E-state index is 10.8. The number of nitrogens with zero attached hydrogens (tertiary/aromatic N) is 5. The summed E-state index contributed by atoms with van der Waals surface area (Å²) in [4.78, 5) is 5.16. The van der Waals surface area contributed by atoms with Crippen molar-refractivity contribution in [1.82, 2.24) is 14.1 Å². The second-order valence-electron chi connectivity index (χ2n) is 13.4. The van der Waals surface area contributed by atoms with E-state index in [1.807, 2.05) is 72.8 Å². The fraction of sp³-hybridized carbons (Fsp3) is 0. The van der Waals surface area contributed by atoms with Gasteiger partial charge in [0.2, 0.25) is 0 Å². The predicted octanol–water partition coefficient (Wildman–Crippen LogP) is 12.0. The number of nitriles is 2. The first-order chi connectivity index (χ1) is 26.7. The molecule has 0 aliphatic rings. The lowest BCUT2D eigenvalue weighted by atomic mass is 9.89. The van der Waals surface area contributed by atoms with Crippen LogP contribution in [-0.2, 0) is 0 Å². The maximum absolute atomic E-state index is 10.8. The van der Waals surface area contributed by atoms with E-state index < -0.39 is 0 Å². The Morgan fingerprint density at radius 1 is 0.370 bits per heavy atom. The van der Waals surface area contributed by atoms with Crippen molar-refractivity contribution in [3.05, 3.63) is 187 Å². The number of hydrogen-bond acceptors (Lipinski definition) is 3. The first kappa shape index (κ1) is 31.0. The molecule has 0 saturated heterocycles. The first-order valence-electron chi connectivity index (χ1n) is 17.8. The van der Waals surface area contributed by atoms with Gasteiger partial charge in [0.15, 0.2) is 0 Å². The Kier molecular flexibility index (Phi) is 7.18. The number of pyridine rings is 1. The van der Waals surface area contributed by atoms with Crippen molar-refractivity contribution in [2.24, 2.45) is 0 Å². The van der Waals surface area contributed by atoms with Gasteiger partial charge in [-0.25, -0.2) is 4.98 Å². The largest absolute Gasteiger partial charge is 0.309 e. The summed E-state index contributed by atoms with van der Waals surface area (Å²) in [6.45, 7) is 0. The van der Waals surface area contributed by atoms with Crippen molar-refractivity contribution in [2.45, 2.75) is 0 Å². The van der Waals surface area contributed by atoms with E-state index in [9.17, 15) is 10.5 Å². The summed E-state index contributed by atoms with van der Waals surface area (Å²) in [5.41, 5.74) is 11.3. The monoisotopic (exact) mass is 687 g/mol. The molecule has 0 atom stereocenters. The molecule has 0 saturated carbocycles. The quantitative estimate of drug-likeness (QED) is 0.181. The van der Waals surface area contributed by atoms with Crippen LogP contribution in [0.25, 0.3) is 88.6 Å². The number of fused-ring (bicyclic) bond motifs is 6. The van der Waals surface area contributed by atoms with Gasteiger partial charge in [-0.15, -0.1) is 0 Å². The Labute approximate surface area is 311 Å². The molecule has 5 nitrogen and oxygen atoms in total. The highest BCUT2D eigenvalue weighted by molar-refractivity contribution is 6.19. The van der Waals surface area contributed by atoms with Crippen LogP contribution in [0.4, 0.5) is 0 Å². The third-order valence-corrected chi connectivity index (χ3v) is 10.4. The molecule has 5 heteroatoms. The molecule has 0 aliphatic heterocycles. The van der Waals surface area contributed by atoms with Crippen LogP contribution in [0.5, 0.6) is 0 Å². The highest BCUT2D eigenvalue weighted by Crippen LogP contribution is 2.43. The molecule has 0 fully saturated rings. The lowest BCUT2D eigenvalue weighted by Crippen LogP contribution is -2.02. The molecule has 3 aromatic heterocycles. The van der Waals surface area contributed by atoms with E-state index in [2.05, 4.69) is 124 Å². The second kappa shape index (κ2) is 12.5. The fourth-order valence-electron chi connectivity index (χ4n) is 8.05. The Balaban J connectivity index is 1.31. The number of hydrogen-bond donors (Lipinski definition) is 0. The highest BCUT2D eigenvalue weighted by atomic mass is 15.0. The van der Waals surface area contributed by atoms with Crippen LogP contribution in [-0.4, -0.2) is 14.1 Å². The molecule has 0 unspecified atom stereocenters. The van der Waals surface area contributed by atoms with Crippen molar-refractivity contribution in [2.75, 3.05) is 0 Å². The summed E-state index contributed by atoms with van der Waals surface area (Å²) < 4.78 is 4.66. The van der Waals surface area contributed by atoms with Crippen LogP contribution in [0.15, 0.2) is 176 Å². The van der Waals surface area contributed by atoms with Crippen molar-refractivity contribution in [1.29, 1.82) is 10.5 Å². The molecular formula is C49H29N5. The van der Waals surface area contributed by atoms with Crippen LogP contribution in [0.1, 0.15) is 11.1 Å². The second-order valence-corrected chi connectivity index (χ2v) is 13.4. The van der Waals surface area contributed by atoms with Crippen molar-refractivity contribution in [3.63, 3.8) is 0 Å². The molecule has 10 aromatic rings. The van der Waals surface area contributed by atoms with Crippen molar-refractivity contribution in [3.8, 4) is 57.2 Å². The van der Waals surface area contributed by atoms with E-state index in [-0.39, 0.29) is 0 Å². The van der Waals surface area contributed by atoms with Gasteiger partial charge in [0.25, 0.3) is 0 Å². The SMILES string of the molecule is N#Cc1c(-c2ccccc2)nc(-c2ccc3c4cc5c(cc4n(-c4ccccc4)c3c2)c2ccccc2n5-c2ccccc2)c(C#N)c1-c1ccccc1. The van der Waals surface area contributed by atoms with Crippen LogP contribution in [0.2, 0.25) is 0 Å². The van der Waals surface area contributed by atoms with Gasteiger partial charge in [0.1, 0.15) is 12.1 Å². The van der Waals surface area contributed by atoms with Gasteiger partial charge in [-0.05, 0) is 54.1 Å². The minimum absolute atomic E-state index is 0.369. The Morgan fingerprint density at radius 3 is 1.39 bits per heavy atom. The van der Waals surface area contributed by atoms with Crippen LogP contribution >= 0.6 is 0 Å². The third kappa shape index (κ3) is 4.74. The van der Waals surface area contributed by atoms with E-state index >= 15 is 0 Å². The summed E-state index contributed by atoms with van der Waals surface area (Å²) in [6.07, 6.45) is 0. The zero-order valence-corrected chi connectivity index (χ0v) is 29.0. The van der Waals surface area contributed by atoms with Crippen LogP contribution < -0.4 is 0 Å². The standard InChI is InChI=1S/C49H29N5/c50-30-41-47(32-15-5-1-6-16-32)42(31-51)49(52-48(41)33-17-7-2-8-18-33)34-25-26-38-40-29-45-39(28-46(40)54(44(38)27-34)36-21-11-4-12-22-36)37-23-13-14-24-43(37)53(45)35-19-9-3-10-20-35/h1-29H. The maximum Gasteiger partial charge on any atom is 0.102 e. The Bertz CT molecular complexity index is 3150. The van der Waals surface area contributed by atoms with Gasteiger partial charge in [-0.2, -0.15) is 10.5 Å². The molecule has 10 rings (SSSR count). The summed E-state index contributed by atoms with van der Waals surface area (Å²) in [5.74, 6) is 0. The lowest BCUT2D eigenvalue weighted by molar-refractivity contribution is 1.17. The normalized spacial score (nSPS) is 11.3. The zero-order valence-electron chi connectivity index (χ0n) is 29.0. The average Bonchev–Trinajstić information content (AvgIpc) is 3.74. The molecule has 7 aromatic carbocycles. The summed E-state index contributed by atoms with van der Waals surface area (Å²) in [6, 6.07) is 64.8. The van der Waals surface area contributed by atoms with Crippen LogP contribution in [0, 0.1) is 22.7 Å². The number of aromatic nitrogens is 3. The van der Waals surface area contributed by atoms with E-state index in [1.54, 1.807) is 0 Å². The molecule has 0 amide bonds. The molecular weight excluding hydrogens is 659 g/mol. The van der Waals surface area contributed by atoms with E-state index in [4.69, 9.17) is 4.98 Å². The highest BCUT2D eigenvalue weighted by Gasteiger charge is 2.25. The molecule has 0 radical (unpaired) electrons. The van der Waals surface area contributed by atoms with Gasteiger partial charge in [-0.1, -0.05) is 127 Å². The van der Waals surface area contributed by atoms with Gasteiger partial charge < -0.3 is 9.13 Å². The predicted molar refractivity (Wildman–Crippen MR) is 219 cm³/mol. The Hall–Kier alpha value is -7.73. The number of para-hydroxylation sites is 3. The topological polar surface area (TPSA) is 70.3 Å². The first-order valence-corrected chi connectivity index (χ1v) is 17.8. The molecule has 3 heterocycles. The van der Waals surface area contributed by atoms with Gasteiger partial charge in [-0.3, -0.25) is 0 Å². The summed E-state index contributed by atoms with van der Waals surface area (Å²) in [5, 5.41) is 26.0. The van der Waals surface area contributed by atoms with E-state index in [1.165, 1.54) is 10.8 Å². The average molecular weight is 688 g/mol. The molecule has 54 heavy (non-hydrogen) atoms. The molecule has 0 spiro atoms. The smallest absolute Gasteiger partial charge is 0.102 e. The minimum Gasteiger partial charge on any atom is -0.309 e. The third-order valence-electron chi connectivity index (χ3n) is 10.4. The zero-order chi connectivity index (χ0) is 36.2. The number of benzene rings is 7. The summed E-state index contributed by atoms with van der Waals surface area (Å²) in [7, 11) is 0. The number of rotatable bonds is 5. The van der Waals surface area contributed by atoms with Gasteiger partial charge in [0.05, 0.1) is 44.6 Å². The molecule has 250 valence electrons. The molecule has 0 N–H and O–H groups in total. The van der Waals surface area contributed by atoms with E-state index in [0.29, 0.717) is 28.1 Å². The lowest BCUT2D eigenvalue weighted by Gasteiger charge is -2.16. The summed E-state index contributed by atoms with van der Waals surface area (Å²) >= 11 is 0. The fourth-order valence-corrected chi connectivity index (χ4v) is 8.05. The van der Waals surface area contributed by atoms with Crippen molar-refractivity contribution >= 4 is 43.6 Å². The van der Waals surface area contributed by atoms with Crippen LogP contribution in [0.3, 0.4) is 0 Å². The minimum atomic E-state index is 0.369. The molecule has 0 bridgehead atoms. The van der Waals surface area contributed by atoms with Crippen molar-refractivity contribution < 1.29 is 0 Å². The van der Waals surface area contributed by atoms with E-state index in [0.717, 1.165) is 60.9 Å². The van der Waals surface area contributed by atoms with Gasteiger partial charge in [0, 0.05) is 49.6 Å².